The third-order valence-corrected chi connectivity index (χ3v) is 2.07. The molecule has 0 spiro atoms. The molecule has 0 radical (unpaired) electrons. The maximum absolute atomic E-state index is 12.7. The molecule has 0 aromatic carbocycles. The summed E-state index contributed by atoms with van der Waals surface area (Å²) in [6, 6.07) is 0. The topological polar surface area (TPSA) is 37.3 Å². The average Bonchev–Trinajstić information content (AvgIpc) is 1.83. The van der Waals surface area contributed by atoms with E-state index in [1.54, 1.807) is 0 Å². The molecule has 0 unspecified atom stereocenters. The Morgan fingerprint density at radius 1 is 1.50 bits per heavy atom. The molecule has 12 heavy (non-hydrogen) atoms. The first-order valence-corrected chi connectivity index (χ1v) is 3.67. The molecule has 2 nitrogen and oxygen atoms in total. The lowest BCUT2D eigenvalue weighted by Crippen LogP contribution is -2.37. The maximum atomic E-state index is 12.7. The molecule has 0 amide bonds. The zero-order valence-electron chi connectivity index (χ0n) is 6.27. The fraction of sp³-hybridized carbons (Fsp3) is 0.857. The van der Waals surface area contributed by atoms with E-state index in [1.165, 1.54) is 0 Å². The van der Waals surface area contributed by atoms with E-state index in [9.17, 15) is 18.0 Å². The van der Waals surface area contributed by atoms with Gasteiger partial charge < -0.3 is 5.11 Å². The number of alkyl halides is 3. The van der Waals surface area contributed by atoms with Gasteiger partial charge >= 0.3 is 5.97 Å². The Bertz CT molecular complexity index is 193. The third kappa shape index (κ3) is 1.89. The predicted molar refractivity (Wildman–Crippen MR) is 34.8 cm³/mol. The zero-order chi connectivity index (χ0) is 9.35. The minimum absolute atomic E-state index is 0.274. The Hall–Kier alpha value is -0.740. The van der Waals surface area contributed by atoms with E-state index in [4.69, 9.17) is 5.11 Å². The molecule has 70 valence electrons. The summed E-state index contributed by atoms with van der Waals surface area (Å²) in [6.07, 6.45) is -3.66. The second-order valence-corrected chi connectivity index (χ2v) is 3.06. The molecule has 1 saturated carbocycles. The molecule has 0 heterocycles. The Morgan fingerprint density at radius 3 is 2.50 bits per heavy atom. The minimum Gasteiger partial charge on any atom is -0.481 e. The van der Waals surface area contributed by atoms with Crippen molar-refractivity contribution in [2.24, 2.45) is 5.92 Å². The van der Waals surface area contributed by atoms with Gasteiger partial charge in [-0.15, -0.1) is 0 Å². The monoisotopic (exact) mass is 182 g/mol. The molecule has 1 aliphatic rings. The van der Waals surface area contributed by atoms with Crippen LogP contribution in [0.15, 0.2) is 0 Å². The normalized spacial score (nSPS) is 34.6. The van der Waals surface area contributed by atoms with Crippen molar-refractivity contribution < 1.29 is 23.1 Å². The van der Waals surface area contributed by atoms with E-state index >= 15 is 0 Å². The van der Waals surface area contributed by atoms with Crippen molar-refractivity contribution in [3.8, 4) is 0 Å². The van der Waals surface area contributed by atoms with Crippen LogP contribution in [0.1, 0.15) is 19.3 Å². The van der Waals surface area contributed by atoms with Crippen LogP contribution in [0, 0.1) is 5.92 Å². The van der Waals surface area contributed by atoms with Gasteiger partial charge in [0.15, 0.2) is 0 Å². The molecule has 0 aliphatic heterocycles. The highest BCUT2D eigenvalue weighted by atomic mass is 19.3. The second-order valence-electron chi connectivity index (χ2n) is 3.06. The molecular weight excluding hydrogens is 173 g/mol. The summed E-state index contributed by atoms with van der Waals surface area (Å²) in [4.78, 5) is 10.3. The molecular formula is C7H9F3O2. The van der Waals surface area contributed by atoms with Gasteiger partial charge in [0, 0.05) is 12.8 Å². The van der Waals surface area contributed by atoms with Gasteiger partial charge in [-0.05, 0) is 6.42 Å². The van der Waals surface area contributed by atoms with Crippen molar-refractivity contribution in [3.63, 3.8) is 0 Å². The van der Waals surface area contributed by atoms with Gasteiger partial charge in [-0.25, -0.2) is 13.2 Å². The molecule has 0 aromatic heterocycles. The van der Waals surface area contributed by atoms with Crippen LogP contribution in [0.5, 0.6) is 0 Å². The predicted octanol–water partition coefficient (Wildman–Crippen LogP) is 1.84. The van der Waals surface area contributed by atoms with Gasteiger partial charge in [-0.2, -0.15) is 0 Å². The van der Waals surface area contributed by atoms with Gasteiger partial charge in [0.2, 0.25) is 0 Å². The lowest BCUT2D eigenvalue weighted by molar-refractivity contribution is -0.151. The van der Waals surface area contributed by atoms with E-state index in [0.29, 0.717) is 0 Å². The highest BCUT2D eigenvalue weighted by Crippen LogP contribution is 2.37. The molecule has 1 fully saturated rings. The SMILES string of the molecule is O=C(O)[C@@H]1CCC(F)(F)C[C@@H]1F. The van der Waals surface area contributed by atoms with Gasteiger partial charge in [0.25, 0.3) is 5.92 Å². The van der Waals surface area contributed by atoms with Crippen molar-refractivity contribution in [1.29, 1.82) is 0 Å². The van der Waals surface area contributed by atoms with Crippen molar-refractivity contribution in [3.05, 3.63) is 0 Å². The van der Waals surface area contributed by atoms with Gasteiger partial charge in [-0.3, -0.25) is 4.79 Å². The van der Waals surface area contributed by atoms with Crippen LogP contribution in [0.2, 0.25) is 0 Å². The standard InChI is InChI=1S/C7H9F3O2/c8-5-3-7(9,10)2-1-4(5)6(11)12/h4-5H,1-3H2,(H,11,12)/t4-,5+/m1/s1. The van der Waals surface area contributed by atoms with Crippen LogP contribution in [0.4, 0.5) is 13.2 Å². The number of hydrogen-bond acceptors (Lipinski definition) is 1. The number of rotatable bonds is 1. The molecule has 5 heteroatoms. The third-order valence-electron chi connectivity index (χ3n) is 2.07. The first-order chi connectivity index (χ1) is 5.42. The van der Waals surface area contributed by atoms with Crippen LogP contribution in [0.3, 0.4) is 0 Å². The van der Waals surface area contributed by atoms with Crippen molar-refractivity contribution >= 4 is 5.97 Å². The Balaban J connectivity index is 2.60. The molecule has 0 bridgehead atoms. The molecule has 0 aromatic rings. The lowest BCUT2D eigenvalue weighted by atomic mass is 9.85. The molecule has 2 atom stereocenters. The van der Waals surface area contributed by atoms with E-state index in [-0.39, 0.29) is 6.42 Å². The van der Waals surface area contributed by atoms with E-state index in [0.717, 1.165) is 0 Å². The number of aliphatic carboxylic acids is 1. The minimum atomic E-state index is -3.02. The summed E-state index contributed by atoms with van der Waals surface area (Å²) in [5.41, 5.74) is 0. The average molecular weight is 182 g/mol. The zero-order valence-corrected chi connectivity index (χ0v) is 6.27. The quantitative estimate of drug-likeness (QED) is 0.671. The molecule has 1 aliphatic carbocycles. The number of halogens is 3. The second kappa shape index (κ2) is 2.95. The van der Waals surface area contributed by atoms with Crippen molar-refractivity contribution in [2.45, 2.75) is 31.4 Å². The van der Waals surface area contributed by atoms with Crippen molar-refractivity contribution in [1.82, 2.24) is 0 Å². The summed E-state index contributed by atoms with van der Waals surface area (Å²) in [5.74, 6) is -5.59. The van der Waals surface area contributed by atoms with E-state index in [2.05, 4.69) is 0 Å². The number of carboxylic acids is 1. The van der Waals surface area contributed by atoms with E-state index in [1.807, 2.05) is 0 Å². The molecule has 1 rings (SSSR count). The fourth-order valence-corrected chi connectivity index (χ4v) is 1.36. The van der Waals surface area contributed by atoms with Gasteiger partial charge in [-0.1, -0.05) is 0 Å². The van der Waals surface area contributed by atoms with Crippen LogP contribution < -0.4 is 0 Å². The summed E-state index contributed by atoms with van der Waals surface area (Å²) in [6.45, 7) is 0. The maximum Gasteiger partial charge on any atom is 0.309 e. The summed E-state index contributed by atoms with van der Waals surface area (Å²) >= 11 is 0. The van der Waals surface area contributed by atoms with Gasteiger partial charge in [0.1, 0.15) is 6.17 Å². The highest BCUT2D eigenvalue weighted by molar-refractivity contribution is 5.70. The first kappa shape index (κ1) is 9.35. The fourth-order valence-electron chi connectivity index (χ4n) is 1.36. The van der Waals surface area contributed by atoms with Crippen molar-refractivity contribution in [2.75, 3.05) is 0 Å². The highest BCUT2D eigenvalue weighted by Gasteiger charge is 2.44. The lowest BCUT2D eigenvalue weighted by Gasteiger charge is -2.28. The summed E-state index contributed by atoms with van der Waals surface area (Å²) in [5, 5.41) is 8.39. The summed E-state index contributed by atoms with van der Waals surface area (Å²) < 4.78 is 37.7. The van der Waals surface area contributed by atoms with Crippen LogP contribution in [-0.4, -0.2) is 23.2 Å². The Morgan fingerprint density at radius 2 is 2.08 bits per heavy atom. The summed E-state index contributed by atoms with van der Waals surface area (Å²) in [7, 11) is 0. The Kier molecular flexibility index (Phi) is 2.30. The number of carboxylic acid groups (broad SMARTS) is 1. The van der Waals surface area contributed by atoms with Crippen LogP contribution in [-0.2, 0) is 4.79 Å². The molecule has 0 saturated heterocycles. The number of carbonyl (C=O) groups is 1. The van der Waals surface area contributed by atoms with Crippen LogP contribution >= 0.6 is 0 Å². The Labute approximate surface area is 67.4 Å². The van der Waals surface area contributed by atoms with Gasteiger partial charge in [0.05, 0.1) is 5.92 Å². The molecule has 1 N–H and O–H groups in total. The first-order valence-electron chi connectivity index (χ1n) is 3.67. The van der Waals surface area contributed by atoms with Crippen LogP contribution in [0.25, 0.3) is 0 Å². The smallest absolute Gasteiger partial charge is 0.309 e. The van der Waals surface area contributed by atoms with E-state index < -0.39 is 36.8 Å². The number of hydrogen-bond donors (Lipinski definition) is 1. The largest absolute Gasteiger partial charge is 0.481 e.